The van der Waals surface area contributed by atoms with E-state index >= 15 is 0 Å². The molecule has 1 aliphatic carbocycles. The van der Waals surface area contributed by atoms with Crippen LogP contribution in [-0.4, -0.2) is 19.3 Å². The van der Waals surface area contributed by atoms with E-state index in [4.69, 9.17) is 4.74 Å². The van der Waals surface area contributed by atoms with Crippen molar-refractivity contribution in [2.45, 2.75) is 38.6 Å². The van der Waals surface area contributed by atoms with Crippen molar-refractivity contribution in [3.8, 4) is 0 Å². The summed E-state index contributed by atoms with van der Waals surface area (Å²) in [4.78, 5) is 0. The molecule has 17 heavy (non-hydrogen) atoms. The lowest BCUT2D eigenvalue weighted by atomic mass is 10.00. The number of rotatable bonds is 3. The molecule has 0 saturated carbocycles. The van der Waals surface area contributed by atoms with Crippen LogP contribution < -0.4 is 5.32 Å². The van der Waals surface area contributed by atoms with E-state index in [2.05, 4.69) is 30.4 Å². The van der Waals surface area contributed by atoms with E-state index < -0.39 is 0 Å². The SMILES string of the molecule is CC(Nc1ccc2c(c1)CCC2)C1CCOC1. The Labute approximate surface area is 103 Å². The van der Waals surface area contributed by atoms with E-state index in [1.807, 2.05) is 0 Å². The maximum Gasteiger partial charge on any atom is 0.0514 e. The summed E-state index contributed by atoms with van der Waals surface area (Å²) >= 11 is 0. The van der Waals surface area contributed by atoms with Gasteiger partial charge in [-0.15, -0.1) is 0 Å². The van der Waals surface area contributed by atoms with Crippen molar-refractivity contribution in [3.05, 3.63) is 29.3 Å². The van der Waals surface area contributed by atoms with Crippen LogP contribution in [0.3, 0.4) is 0 Å². The molecular weight excluding hydrogens is 210 g/mol. The lowest BCUT2D eigenvalue weighted by Crippen LogP contribution is -2.26. The van der Waals surface area contributed by atoms with Gasteiger partial charge in [0, 0.05) is 24.3 Å². The number of nitrogens with one attached hydrogen (secondary N) is 1. The highest BCUT2D eigenvalue weighted by atomic mass is 16.5. The Morgan fingerprint density at radius 3 is 3.00 bits per heavy atom. The fourth-order valence-corrected chi connectivity index (χ4v) is 2.99. The Balaban J connectivity index is 1.68. The van der Waals surface area contributed by atoms with Crippen LogP contribution in [0, 0.1) is 5.92 Å². The summed E-state index contributed by atoms with van der Waals surface area (Å²) in [6.07, 6.45) is 5.04. The molecule has 2 unspecified atom stereocenters. The van der Waals surface area contributed by atoms with Gasteiger partial charge < -0.3 is 10.1 Å². The topological polar surface area (TPSA) is 21.3 Å². The van der Waals surface area contributed by atoms with Gasteiger partial charge in [0.1, 0.15) is 0 Å². The van der Waals surface area contributed by atoms with Crippen LogP contribution in [0.5, 0.6) is 0 Å². The largest absolute Gasteiger partial charge is 0.382 e. The second kappa shape index (κ2) is 4.69. The standard InChI is InChI=1S/C15H21NO/c1-11(14-7-8-17-10-14)16-15-6-5-12-3-2-4-13(12)9-15/h5-6,9,11,14,16H,2-4,7-8,10H2,1H3. The van der Waals surface area contributed by atoms with Crippen LogP contribution in [0.25, 0.3) is 0 Å². The Bertz CT molecular complexity index is 396. The molecule has 1 saturated heterocycles. The zero-order valence-corrected chi connectivity index (χ0v) is 10.5. The number of anilines is 1. The molecule has 2 aliphatic rings. The first-order valence-corrected chi connectivity index (χ1v) is 6.79. The molecule has 1 aliphatic heterocycles. The minimum Gasteiger partial charge on any atom is -0.382 e. The minimum absolute atomic E-state index is 0.511. The number of fused-ring (bicyclic) bond motifs is 1. The first-order chi connectivity index (χ1) is 8.33. The Morgan fingerprint density at radius 2 is 2.18 bits per heavy atom. The second-order valence-electron chi connectivity index (χ2n) is 5.39. The maximum absolute atomic E-state index is 5.45. The van der Waals surface area contributed by atoms with Crippen LogP contribution in [0.15, 0.2) is 18.2 Å². The monoisotopic (exact) mass is 231 g/mol. The molecule has 1 fully saturated rings. The first kappa shape index (κ1) is 11.1. The molecule has 0 bridgehead atoms. The van der Waals surface area contributed by atoms with E-state index in [1.165, 1.54) is 31.4 Å². The van der Waals surface area contributed by atoms with Gasteiger partial charge in [-0.3, -0.25) is 0 Å². The third-order valence-electron chi connectivity index (χ3n) is 4.16. The highest BCUT2D eigenvalue weighted by molar-refractivity contribution is 5.50. The highest BCUT2D eigenvalue weighted by Gasteiger charge is 2.22. The molecule has 1 N–H and O–H groups in total. The molecular formula is C15H21NO. The van der Waals surface area contributed by atoms with Crippen molar-refractivity contribution in [3.63, 3.8) is 0 Å². The first-order valence-electron chi connectivity index (χ1n) is 6.79. The lowest BCUT2D eigenvalue weighted by molar-refractivity contribution is 0.183. The highest BCUT2D eigenvalue weighted by Crippen LogP contribution is 2.26. The van der Waals surface area contributed by atoms with Gasteiger partial charge in [0.2, 0.25) is 0 Å². The molecule has 0 aromatic heterocycles. The molecule has 1 aromatic rings. The summed E-state index contributed by atoms with van der Waals surface area (Å²) in [5.74, 6) is 0.670. The van der Waals surface area contributed by atoms with E-state index in [0.29, 0.717) is 12.0 Å². The molecule has 0 radical (unpaired) electrons. The minimum atomic E-state index is 0.511. The Morgan fingerprint density at radius 1 is 1.29 bits per heavy atom. The van der Waals surface area contributed by atoms with Gasteiger partial charge in [-0.2, -0.15) is 0 Å². The van der Waals surface area contributed by atoms with E-state index in [9.17, 15) is 0 Å². The zero-order valence-electron chi connectivity index (χ0n) is 10.5. The summed E-state index contributed by atoms with van der Waals surface area (Å²) < 4.78 is 5.45. The molecule has 2 nitrogen and oxygen atoms in total. The molecule has 3 rings (SSSR count). The lowest BCUT2D eigenvalue weighted by Gasteiger charge is -2.21. The number of aryl methyl sites for hydroxylation is 2. The molecule has 0 spiro atoms. The van der Waals surface area contributed by atoms with Gasteiger partial charge in [-0.1, -0.05) is 6.07 Å². The van der Waals surface area contributed by atoms with Gasteiger partial charge in [-0.05, 0) is 55.9 Å². The second-order valence-corrected chi connectivity index (χ2v) is 5.39. The maximum atomic E-state index is 5.45. The summed E-state index contributed by atoms with van der Waals surface area (Å²) in [6.45, 7) is 4.12. The van der Waals surface area contributed by atoms with Crippen molar-refractivity contribution in [1.82, 2.24) is 0 Å². The van der Waals surface area contributed by atoms with Crippen LogP contribution >= 0.6 is 0 Å². The summed E-state index contributed by atoms with van der Waals surface area (Å²) in [7, 11) is 0. The third kappa shape index (κ3) is 2.32. The van der Waals surface area contributed by atoms with Crippen molar-refractivity contribution < 1.29 is 4.74 Å². The average molecular weight is 231 g/mol. The number of ether oxygens (including phenoxy) is 1. The summed E-state index contributed by atoms with van der Waals surface area (Å²) in [5.41, 5.74) is 4.38. The van der Waals surface area contributed by atoms with Gasteiger partial charge in [0.15, 0.2) is 0 Å². The van der Waals surface area contributed by atoms with E-state index in [1.54, 1.807) is 11.1 Å². The van der Waals surface area contributed by atoms with Gasteiger partial charge >= 0.3 is 0 Å². The fraction of sp³-hybridized carbons (Fsp3) is 0.600. The van der Waals surface area contributed by atoms with Crippen molar-refractivity contribution in [2.75, 3.05) is 18.5 Å². The van der Waals surface area contributed by atoms with E-state index in [0.717, 1.165) is 13.2 Å². The zero-order chi connectivity index (χ0) is 11.7. The predicted molar refractivity (Wildman–Crippen MR) is 70.5 cm³/mol. The Hall–Kier alpha value is -1.02. The third-order valence-corrected chi connectivity index (χ3v) is 4.16. The normalized spacial score (nSPS) is 24.6. The van der Waals surface area contributed by atoms with Crippen molar-refractivity contribution in [2.24, 2.45) is 5.92 Å². The predicted octanol–water partition coefficient (Wildman–Crippen LogP) is 3.01. The molecule has 1 aromatic carbocycles. The summed E-state index contributed by atoms with van der Waals surface area (Å²) in [6, 6.07) is 7.38. The van der Waals surface area contributed by atoms with Crippen LogP contribution in [0.4, 0.5) is 5.69 Å². The van der Waals surface area contributed by atoms with Crippen LogP contribution in [0.1, 0.15) is 30.9 Å². The summed E-state index contributed by atoms with van der Waals surface area (Å²) in [5, 5.41) is 3.63. The van der Waals surface area contributed by atoms with Crippen LogP contribution in [0.2, 0.25) is 0 Å². The molecule has 0 amide bonds. The van der Waals surface area contributed by atoms with Gasteiger partial charge in [0.25, 0.3) is 0 Å². The average Bonchev–Trinajstić information content (AvgIpc) is 2.99. The quantitative estimate of drug-likeness (QED) is 0.863. The number of benzene rings is 1. The van der Waals surface area contributed by atoms with Crippen molar-refractivity contribution in [1.29, 1.82) is 0 Å². The molecule has 1 heterocycles. The van der Waals surface area contributed by atoms with E-state index in [-0.39, 0.29) is 0 Å². The van der Waals surface area contributed by atoms with Crippen LogP contribution in [-0.2, 0) is 17.6 Å². The molecule has 2 heteroatoms. The van der Waals surface area contributed by atoms with Gasteiger partial charge in [-0.25, -0.2) is 0 Å². The number of hydrogen-bond donors (Lipinski definition) is 1. The van der Waals surface area contributed by atoms with Gasteiger partial charge in [0.05, 0.1) is 6.61 Å². The van der Waals surface area contributed by atoms with Crippen molar-refractivity contribution >= 4 is 5.69 Å². The Kier molecular flexibility index (Phi) is 3.06. The number of hydrogen-bond acceptors (Lipinski definition) is 2. The smallest absolute Gasteiger partial charge is 0.0514 e. The fourth-order valence-electron chi connectivity index (χ4n) is 2.99. The molecule has 2 atom stereocenters. The molecule has 92 valence electrons.